The van der Waals surface area contributed by atoms with Crippen LogP contribution in [0, 0.1) is 13.8 Å². The fourth-order valence-electron chi connectivity index (χ4n) is 1.86. The summed E-state index contributed by atoms with van der Waals surface area (Å²) < 4.78 is 0. The Kier molecular flexibility index (Phi) is 3.12. The van der Waals surface area contributed by atoms with E-state index in [4.69, 9.17) is 0 Å². The quantitative estimate of drug-likeness (QED) is 0.512. The van der Waals surface area contributed by atoms with Crippen molar-refractivity contribution in [1.82, 2.24) is 29.9 Å². The number of aromatic nitrogens is 6. The number of hydrogen-bond acceptors (Lipinski definition) is 4. The molecule has 0 aliphatic heterocycles. The molecule has 0 spiro atoms. The molecule has 0 aliphatic rings. The van der Waals surface area contributed by atoms with Crippen molar-refractivity contribution in [3.63, 3.8) is 0 Å². The van der Waals surface area contributed by atoms with Gasteiger partial charge in [-0.25, -0.2) is 19.9 Å². The highest BCUT2D eigenvalue weighted by Crippen LogP contribution is 2.06. The first kappa shape index (κ1) is 12.3. The van der Waals surface area contributed by atoms with Crippen LogP contribution in [0.1, 0.15) is 11.3 Å². The zero-order chi connectivity index (χ0) is 13.9. The summed E-state index contributed by atoms with van der Waals surface area (Å²) in [5.41, 5.74) is 5.67. The van der Waals surface area contributed by atoms with Crippen molar-refractivity contribution in [2.24, 2.45) is 0 Å². The molecule has 100 valence electrons. The summed E-state index contributed by atoms with van der Waals surface area (Å²) in [4.78, 5) is 22.4. The number of imidazole rings is 1. The number of aryl methyl sites for hydroxylation is 2. The maximum absolute atomic E-state index is 4.24. The highest BCUT2D eigenvalue weighted by molar-refractivity contribution is 5.70. The van der Waals surface area contributed by atoms with E-state index in [0.29, 0.717) is 0 Å². The normalized spacial score (nSPS) is 10.5. The van der Waals surface area contributed by atoms with Crippen LogP contribution in [0.25, 0.3) is 22.3 Å². The van der Waals surface area contributed by atoms with Crippen LogP contribution in [0.4, 0.5) is 0 Å². The zero-order valence-corrected chi connectivity index (χ0v) is 11.3. The molecule has 0 radical (unpaired) electrons. The SMILES string of the molecule is Cc1cnc2[nH]ccc2n1.Cc1cnc2nc[nH]c2c1. The van der Waals surface area contributed by atoms with Gasteiger partial charge in [-0.1, -0.05) is 0 Å². The van der Waals surface area contributed by atoms with E-state index in [2.05, 4.69) is 29.9 Å². The van der Waals surface area contributed by atoms with Gasteiger partial charge in [-0.2, -0.15) is 0 Å². The molecule has 0 atom stereocenters. The van der Waals surface area contributed by atoms with Crippen LogP contribution in [-0.4, -0.2) is 29.9 Å². The maximum atomic E-state index is 4.24. The smallest absolute Gasteiger partial charge is 0.177 e. The van der Waals surface area contributed by atoms with E-state index >= 15 is 0 Å². The van der Waals surface area contributed by atoms with Gasteiger partial charge in [0.1, 0.15) is 5.52 Å². The zero-order valence-electron chi connectivity index (χ0n) is 11.3. The molecule has 0 unspecified atom stereocenters. The number of hydrogen-bond donors (Lipinski definition) is 2. The number of fused-ring (bicyclic) bond motifs is 2. The molecule has 0 bridgehead atoms. The van der Waals surface area contributed by atoms with Crippen LogP contribution >= 0.6 is 0 Å². The van der Waals surface area contributed by atoms with Crippen LogP contribution in [0.2, 0.25) is 0 Å². The van der Waals surface area contributed by atoms with Gasteiger partial charge >= 0.3 is 0 Å². The van der Waals surface area contributed by atoms with E-state index in [9.17, 15) is 0 Å². The van der Waals surface area contributed by atoms with Crippen molar-refractivity contribution in [2.75, 3.05) is 0 Å². The minimum absolute atomic E-state index is 0.783. The molecule has 6 nitrogen and oxygen atoms in total. The minimum Gasteiger partial charge on any atom is -0.345 e. The third kappa shape index (κ3) is 2.49. The highest BCUT2D eigenvalue weighted by Gasteiger charge is 1.95. The van der Waals surface area contributed by atoms with Gasteiger partial charge in [0.15, 0.2) is 11.3 Å². The van der Waals surface area contributed by atoms with E-state index in [1.165, 1.54) is 0 Å². The van der Waals surface area contributed by atoms with Gasteiger partial charge in [-0.3, -0.25) is 0 Å². The van der Waals surface area contributed by atoms with Gasteiger partial charge in [0, 0.05) is 12.4 Å². The first-order valence-corrected chi connectivity index (χ1v) is 6.25. The predicted molar refractivity (Wildman–Crippen MR) is 77.3 cm³/mol. The van der Waals surface area contributed by atoms with Gasteiger partial charge in [-0.15, -0.1) is 0 Å². The number of pyridine rings is 1. The first-order valence-electron chi connectivity index (χ1n) is 6.25. The van der Waals surface area contributed by atoms with Gasteiger partial charge < -0.3 is 9.97 Å². The molecule has 6 heteroatoms. The molecule has 0 saturated heterocycles. The van der Waals surface area contributed by atoms with E-state index in [1.807, 2.05) is 38.4 Å². The molecule has 0 aromatic carbocycles. The second-order valence-electron chi connectivity index (χ2n) is 4.51. The Morgan fingerprint density at radius 3 is 2.80 bits per heavy atom. The summed E-state index contributed by atoms with van der Waals surface area (Å²) in [5.74, 6) is 0. The molecular weight excluding hydrogens is 252 g/mol. The average Bonchev–Trinajstić information content (AvgIpc) is 3.06. The Labute approximate surface area is 115 Å². The molecule has 4 aromatic heterocycles. The summed E-state index contributed by atoms with van der Waals surface area (Å²) in [5, 5.41) is 0. The molecular formula is C14H14N6. The lowest BCUT2D eigenvalue weighted by atomic mass is 10.3. The Morgan fingerprint density at radius 2 is 1.90 bits per heavy atom. The van der Waals surface area contributed by atoms with Crippen LogP contribution in [0.5, 0.6) is 0 Å². The van der Waals surface area contributed by atoms with Gasteiger partial charge in [0.2, 0.25) is 0 Å². The van der Waals surface area contributed by atoms with E-state index in [1.54, 1.807) is 12.5 Å². The van der Waals surface area contributed by atoms with Gasteiger partial charge in [-0.05, 0) is 31.5 Å². The number of rotatable bonds is 0. The standard InChI is InChI=1S/2C7H7N3/c1-5-2-6-7(8-3-5)10-4-9-6;1-5-4-9-7-6(10-5)2-3-8-7/h2-4H,1H3,(H,8,9,10);2-4H,1H3,(H,8,9). The molecule has 0 fully saturated rings. The summed E-state index contributed by atoms with van der Waals surface area (Å²) >= 11 is 0. The molecule has 2 N–H and O–H groups in total. The van der Waals surface area contributed by atoms with Crippen molar-refractivity contribution in [3.05, 3.63) is 48.3 Å². The van der Waals surface area contributed by atoms with Crippen LogP contribution in [-0.2, 0) is 0 Å². The lowest BCUT2D eigenvalue weighted by Crippen LogP contribution is -1.83. The van der Waals surface area contributed by atoms with Gasteiger partial charge in [0.05, 0.1) is 23.7 Å². The van der Waals surface area contributed by atoms with E-state index in [-0.39, 0.29) is 0 Å². The minimum atomic E-state index is 0.783. The predicted octanol–water partition coefficient (Wildman–Crippen LogP) is 2.53. The third-order valence-corrected chi connectivity index (χ3v) is 2.79. The Balaban J connectivity index is 0.000000121. The Morgan fingerprint density at radius 1 is 1.00 bits per heavy atom. The Bertz CT molecular complexity index is 773. The van der Waals surface area contributed by atoms with E-state index < -0.39 is 0 Å². The number of aromatic amines is 2. The Hall–Kier alpha value is -2.76. The lowest BCUT2D eigenvalue weighted by Gasteiger charge is -1.88. The second-order valence-corrected chi connectivity index (χ2v) is 4.51. The fraction of sp³-hybridized carbons (Fsp3) is 0.143. The highest BCUT2D eigenvalue weighted by atomic mass is 14.9. The average molecular weight is 266 g/mol. The number of nitrogens with one attached hydrogen (secondary N) is 2. The fourth-order valence-corrected chi connectivity index (χ4v) is 1.86. The molecule has 0 amide bonds. The monoisotopic (exact) mass is 266 g/mol. The lowest BCUT2D eigenvalue weighted by molar-refractivity contribution is 1.17. The first-order chi connectivity index (χ1) is 9.72. The largest absolute Gasteiger partial charge is 0.345 e. The summed E-state index contributed by atoms with van der Waals surface area (Å²) in [7, 11) is 0. The van der Waals surface area contributed by atoms with Crippen LogP contribution < -0.4 is 0 Å². The summed E-state index contributed by atoms with van der Waals surface area (Å²) in [6, 6.07) is 3.94. The maximum Gasteiger partial charge on any atom is 0.177 e. The molecule has 4 heterocycles. The molecule has 20 heavy (non-hydrogen) atoms. The molecule has 4 aromatic rings. The number of nitrogens with zero attached hydrogens (tertiary/aromatic N) is 4. The molecule has 0 saturated carbocycles. The van der Waals surface area contributed by atoms with Crippen molar-refractivity contribution >= 4 is 22.3 Å². The summed E-state index contributed by atoms with van der Waals surface area (Å²) in [6.07, 6.45) is 7.04. The topological polar surface area (TPSA) is 83.1 Å². The summed E-state index contributed by atoms with van der Waals surface area (Å²) in [6.45, 7) is 3.94. The van der Waals surface area contributed by atoms with Crippen molar-refractivity contribution < 1.29 is 0 Å². The number of H-pyrrole nitrogens is 2. The second kappa shape index (κ2) is 5.08. The van der Waals surface area contributed by atoms with Crippen LogP contribution in [0.3, 0.4) is 0 Å². The molecule has 0 aliphatic carbocycles. The van der Waals surface area contributed by atoms with Gasteiger partial charge in [0.25, 0.3) is 0 Å². The van der Waals surface area contributed by atoms with Crippen molar-refractivity contribution in [1.29, 1.82) is 0 Å². The van der Waals surface area contributed by atoms with E-state index in [0.717, 1.165) is 33.6 Å². The third-order valence-electron chi connectivity index (χ3n) is 2.79. The molecule has 4 rings (SSSR count). The van der Waals surface area contributed by atoms with Crippen molar-refractivity contribution in [3.8, 4) is 0 Å². The van der Waals surface area contributed by atoms with Crippen molar-refractivity contribution in [2.45, 2.75) is 13.8 Å². The van der Waals surface area contributed by atoms with Crippen LogP contribution in [0.15, 0.2) is 37.1 Å².